The van der Waals surface area contributed by atoms with Crippen LogP contribution in [0, 0.1) is 5.41 Å². The van der Waals surface area contributed by atoms with Gasteiger partial charge in [-0.1, -0.05) is 13.8 Å². The van der Waals surface area contributed by atoms with Crippen LogP contribution in [-0.2, 0) is 4.79 Å². The summed E-state index contributed by atoms with van der Waals surface area (Å²) in [5.41, 5.74) is -0.0939. The molecule has 1 aliphatic heterocycles. The van der Waals surface area contributed by atoms with Crippen LogP contribution in [0.15, 0.2) is 18.2 Å². The minimum atomic E-state index is -0.692. The average Bonchev–Trinajstić information content (AvgIpc) is 2.98. The standard InChI is InChI=1S/C18H27N3O4/c1-6-18(7-2)24-13-9-8-12(10-14(13)25-18)21-16(23)20-11-17(3,4)15(22)19-5/h8-10H,6-7,11H2,1-5H3,(H,19,22)(H2,20,21,23). The summed E-state index contributed by atoms with van der Waals surface area (Å²) in [5.74, 6) is 0.537. The van der Waals surface area contributed by atoms with Crippen molar-refractivity contribution in [2.75, 3.05) is 18.9 Å². The molecular weight excluding hydrogens is 322 g/mol. The van der Waals surface area contributed by atoms with Crippen molar-refractivity contribution in [3.05, 3.63) is 18.2 Å². The number of nitrogens with one attached hydrogen (secondary N) is 3. The molecule has 2 rings (SSSR count). The Bertz CT molecular complexity index is 654. The first-order valence-corrected chi connectivity index (χ1v) is 8.54. The number of hydrogen-bond donors (Lipinski definition) is 3. The van der Waals surface area contributed by atoms with Gasteiger partial charge in [-0.15, -0.1) is 0 Å². The van der Waals surface area contributed by atoms with Crippen molar-refractivity contribution in [3.8, 4) is 11.5 Å². The van der Waals surface area contributed by atoms with Gasteiger partial charge >= 0.3 is 6.03 Å². The van der Waals surface area contributed by atoms with Gasteiger partial charge in [0.15, 0.2) is 11.5 Å². The highest BCUT2D eigenvalue weighted by Crippen LogP contribution is 2.43. The van der Waals surface area contributed by atoms with Crippen molar-refractivity contribution in [2.45, 2.75) is 46.3 Å². The Morgan fingerprint density at radius 3 is 2.36 bits per heavy atom. The maximum Gasteiger partial charge on any atom is 0.319 e. The molecule has 0 saturated heterocycles. The monoisotopic (exact) mass is 349 g/mol. The fourth-order valence-electron chi connectivity index (χ4n) is 2.61. The summed E-state index contributed by atoms with van der Waals surface area (Å²) in [5, 5.41) is 8.04. The maximum atomic E-state index is 12.1. The van der Waals surface area contributed by atoms with Crippen molar-refractivity contribution in [1.82, 2.24) is 10.6 Å². The molecular formula is C18H27N3O4. The maximum absolute atomic E-state index is 12.1. The molecule has 1 aliphatic rings. The second-order valence-electron chi connectivity index (χ2n) is 6.75. The van der Waals surface area contributed by atoms with Crippen molar-refractivity contribution >= 4 is 17.6 Å². The Hall–Kier alpha value is -2.44. The molecule has 25 heavy (non-hydrogen) atoms. The van der Waals surface area contributed by atoms with E-state index >= 15 is 0 Å². The number of carbonyl (C=O) groups excluding carboxylic acids is 2. The minimum Gasteiger partial charge on any atom is -0.448 e. The fourth-order valence-corrected chi connectivity index (χ4v) is 2.61. The lowest BCUT2D eigenvalue weighted by Gasteiger charge is -2.24. The predicted molar refractivity (Wildman–Crippen MR) is 95.9 cm³/mol. The third kappa shape index (κ3) is 4.15. The number of hydrogen-bond acceptors (Lipinski definition) is 4. The van der Waals surface area contributed by atoms with Crippen molar-refractivity contribution in [1.29, 1.82) is 0 Å². The van der Waals surface area contributed by atoms with Gasteiger partial charge < -0.3 is 25.4 Å². The molecule has 0 aromatic heterocycles. The molecule has 1 heterocycles. The van der Waals surface area contributed by atoms with Crippen LogP contribution in [0.2, 0.25) is 0 Å². The second-order valence-corrected chi connectivity index (χ2v) is 6.75. The molecule has 0 atom stereocenters. The SMILES string of the molecule is CCC1(CC)Oc2ccc(NC(=O)NCC(C)(C)C(=O)NC)cc2O1. The highest BCUT2D eigenvalue weighted by molar-refractivity contribution is 5.90. The van der Waals surface area contributed by atoms with E-state index < -0.39 is 11.2 Å². The summed E-state index contributed by atoms with van der Waals surface area (Å²) in [7, 11) is 1.57. The first-order chi connectivity index (χ1) is 11.7. The molecule has 138 valence electrons. The van der Waals surface area contributed by atoms with E-state index in [0.29, 0.717) is 17.2 Å². The van der Waals surface area contributed by atoms with Crippen LogP contribution in [0.1, 0.15) is 40.5 Å². The topological polar surface area (TPSA) is 88.7 Å². The van der Waals surface area contributed by atoms with Gasteiger partial charge in [-0.05, 0) is 26.0 Å². The molecule has 3 N–H and O–H groups in total. The number of ether oxygens (including phenoxy) is 2. The van der Waals surface area contributed by atoms with Crippen LogP contribution in [0.25, 0.3) is 0 Å². The third-order valence-corrected chi connectivity index (χ3v) is 4.40. The Balaban J connectivity index is 1.97. The van der Waals surface area contributed by atoms with Crippen molar-refractivity contribution in [3.63, 3.8) is 0 Å². The summed E-state index contributed by atoms with van der Waals surface area (Å²) in [6.45, 7) is 7.77. The lowest BCUT2D eigenvalue weighted by atomic mass is 9.92. The average molecular weight is 349 g/mol. The van der Waals surface area contributed by atoms with E-state index in [2.05, 4.69) is 16.0 Å². The Labute approximate surface area is 148 Å². The molecule has 3 amide bonds. The number of anilines is 1. The minimum absolute atomic E-state index is 0.133. The van der Waals surface area contributed by atoms with Crippen LogP contribution in [0.3, 0.4) is 0 Å². The summed E-state index contributed by atoms with van der Waals surface area (Å²) in [6, 6.07) is 4.90. The number of urea groups is 1. The first kappa shape index (κ1) is 18.9. The second kappa shape index (κ2) is 7.21. The molecule has 7 heteroatoms. The molecule has 7 nitrogen and oxygen atoms in total. The fraction of sp³-hybridized carbons (Fsp3) is 0.556. The van der Waals surface area contributed by atoms with Crippen LogP contribution in [0.4, 0.5) is 10.5 Å². The lowest BCUT2D eigenvalue weighted by molar-refractivity contribution is -0.128. The van der Waals surface area contributed by atoms with E-state index in [9.17, 15) is 9.59 Å². The van der Waals surface area contributed by atoms with E-state index in [-0.39, 0.29) is 18.5 Å². The quantitative estimate of drug-likeness (QED) is 0.737. The molecule has 0 saturated carbocycles. The van der Waals surface area contributed by atoms with E-state index in [0.717, 1.165) is 12.8 Å². The van der Waals surface area contributed by atoms with Gasteiger partial charge in [-0.3, -0.25) is 4.79 Å². The highest BCUT2D eigenvalue weighted by Gasteiger charge is 2.38. The van der Waals surface area contributed by atoms with Crippen LogP contribution in [0.5, 0.6) is 11.5 Å². The largest absolute Gasteiger partial charge is 0.448 e. The summed E-state index contributed by atoms with van der Waals surface area (Å²) < 4.78 is 11.8. The smallest absolute Gasteiger partial charge is 0.319 e. The predicted octanol–water partition coefficient (Wildman–Crippen LogP) is 2.87. The third-order valence-electron chi connectivity index (χ3n) is 4.40. The molecule has 0 unspecified atom stereocenters. The van der Waals surface area contributed by atoms with E-state index in [1.165, 1.54) is 0 Å². The zero-order valence-electron chi connectivity index (χ0n) is 15.5. The first-order valence-electron chi connectivity index (χ1n) is 8.54. The van der Waals surface area contributed by atoms with Gasteiger partial charge in [0.25, 0.3) is 5.79 Å². The van der Waals surface area contributed by atoms with Crippen LogP contribution >= 0.6 is 0 Å². The van der Waals surface area contributed by atoms with Crippen molar-refractivity contribution in [2.24, 2.45) is 5.41 Å². The molecule has 0 radical (unpaired) electrons. The molecule has 0 fully saturated rings. The van der Waals surface area contributed by atoms with Crippen LogP contribution < -0.4 is 25.4 Å². The zero-order valence-corrected chi connectivity index (χ0v) is 15.5. The van der Waals surface area contributed by atoms with Gasteiger partial charge in [-0.2, -0.15) is 0 Å². The van der Waals surface area contributed by atoms with E-state index in [1.54, 1.807) is 39.1 Å². The van der Waals surface area contributed by atoms with Gasteiger partial charge in [0.05, 0.1) is 5.41 Å². The summed E-state index contributed by atoms with van der Waals surface area (Å²) in [6.07, 6.45) is 1.46. The Morgan fingerprint density at radius 2 is 1.76 bits per heavy atom. The molecule has 1 aromatic rings. The van der Waals surface area contributed by atoms with E-state index in [4.69, 9.17) is 9.47 Å². The Morgan fingerprint density at radius 1 is 1.12 bits per heavy atom. The summed E-state index contributed by atoms with van der Waals surface area (Å²) >= 11 is 0. The van der Waals surface area contributed by atoms with Gasteiger partial charge in [-0.25, -0.2) is 4.79 Å². The number of fused-ring (bicyclic) bond motifs is 1. The number of carbonyl (C=O) groups is 2. The number of amides is 3. The lowest BCUT2D eigenvalue weighted by Crippen LogP contribution is -2.44. The molecule has 0 aliphatic carbocycles. The molecule has 0 bridgehead atoms. The molecule has 1 aromatic carbocycles. The van der Waals surface area contributed by atoms with Gasteiger partial charge in [0, 0.05) is 38.2 Å². The Kier molecular flexibility index (Phi) is 5.45. The summed E-state index contributed by atoms with van der Waals surface area (Å²) in [4.78, 5) is 23.8. The molecule has 0 spiro atoms. The van der Waals surface area contributed by atoms with Crippen molar-refractivity contribution < 1.29 is 19.1 Å². The zero-order chi connectivity index (χ0) is 18.7. The normalized spacial score (nSPS) is 14.8. The van der Waals surface area contributed by atoms with E-state index in [1.807, 2.05) is 13.8 Å². The number of rotatable bonds is 6. The highest BCUT2D eigenvalue weighted by atomic mass is 16.7. The number of benzene rings is 1. The van der Waals surface area contributed by atoms with Gasteiger partial charge in [0.1, 0.15) is 0 Å². The van der Waals surface area contributed by atoms with Crippen LogP contribution in [-0.4, -0.2) is 31.3 Å². The van der Waals surface area contributed by atoms with Gasteiger partial charge in [0.2, 0.25) is 5.91 Å².